The van der Waals surface area contributed by atoms with Crippen LogP contribution in [0.5, 0.6) is 0 Å². The van der Waals surface area contributed by atoms with Gasteiger partial charge in [-0.25, -0.2) is 17.9 Å². The Morgan fingerprint density at radius 2 is 2.18 bits per heavy atom. The molecule has 0 amide bonds. The molecule has 1 atom stereocenters. The van der Waals surface area contributed by atoms with Crippen LogP contribution in [0.1, 0.15) is 6.92 Å². The molecule has 1 aromatic rings. The highest BCUT2D eigenvalue weighted by Crippen LogP contribution is 2.28. The fraction of sp³-hybridized carbons (Fsp3) is 0.333. The van der Waals surface area contributed by atoms with Crippen molar-refractivity contribution >= 4 is 31.6 Å². The summed E-state index contributed by atoms with van der Waals surface area (Å²) in [4.78, 5) is -0.610. The van der Waals surface area contributed by atoms with E-state index in [1.165, 1.54) is 6.07 Å². The van der Waals surface area contributed by atoms with E-state index in [9.17, 15) is 12.8 Å². The van der Waals surface area contributed by atoms with E-state index in [0.717, 1.165) is 6.07 Å². The van der Waals surface area contributed by atoms with Crippen LogP contribution in [0.2, 0.25) is 0 Å². The Morgan fingerprint density at radius 1 is 1.59 bits per heavy atom. The van der Waals surface area contributed by atoms with Gasteiger partial charge in [0.1, 0.15) is 10.7 Å². The number of aliphatic hydroxyl groups excluding tert-OH is 1. The van der Waals surface area contributed by atoms with Gasteiger partial charge in [-0.05, 0) is 19.1 Å². The van der Waals surface area contributed by atoms with Crippen molar-refractivity contribution in [2.24, 2.45) is 5.14 Å². The zero-order valence-corrected chi connectivity index (χ0v) is 11.3. The first-order valence-electron chi connectivity index (χ1n) is 4.65. The van der Waals surface area contributed by atoms with Crippen molar-refractivity contribution in [2.45, 2.75) is 17.9 Å². The first-order chi connectivity index (χ1) is 7.75. The van der Waals surface area contributed by atoms with Gasteiger partial charge in [-0.3, -0.25) is 0 Å². The van der Waals surface area contributed by atoms with E-state index >= 15 is 0 Å². The van der Waals surface area contributed by atoms with Crippen molar-refractivity contribution in [1.29, 1.82) is 0 Å². The van der Waals surface area contributed by atoms with Gasteiger partial charge in [0.25, 0.3) is 0 Å². The van der Waals surface area contributed by atoms with Gasteiger partial charge in [-0.2, -0.15) is 0 Å². The van der Waals surface area contributed by atoms with Crippen molar-refractivity contribution in [3.05, 3.63) is 22.4 Å². The second kappa shape index (κ2) is 5.30. The maximum absolute atomic E-state index is 13.6. The molecule has 0 spiro atoms. The molecular weight excluding hydrogens is 315 g/mol. The monoisotopic (exact) mass is 326 g/mol. The van der Waals surface area contributed by atoms with E-state index < -0.39 is 26.8 Å². The maximum Gasteiger partial charge on any atom is 0.243 e. The summed E-state index contributed by atoms with van der Waals surface area (Å²) in [5, 5.41) is 16.5. The fourth-order valence-corrected chi connectivity index (χ4v) is 2.45. The molecule has 0 radical (unpaired) electrons. The average Bonchev–Trinajstić information content (AvgIpc) is 2.13. The molecule has 0 unspecified atom stereocenters. The van der Waals surface area contributed by atoms with Gasteiger partial charge in [0.15, 0.2) is 0 Å². The highest BCUT2D eigenvalue weighted by atomic mass is 79.9. The summed E-state index contributed by atoms with van der Waals surface area (Å²) < 4.78 is 36.5. The van der Waals surface area contributed by atoms with Gasteiger partial charge in [-0.1, -0.05) is 15.9 Å². The van der Waals surface area contributed by atoms with E-state index in [1.54, 1.807) is 6.92 Å². The van der Waals surface area contributed by atoms with E-state index in [0.29, 0.717) is 4.47 Å². The quantitative estimate of drug-likeness (QED) is 0.770. The first-order valence-corrected chi connectivity index (χ1v) is 6.99. The van der Waals surface area contributed by atoms with Crippen LogP contribution in [0.4, 0.5) is 10.1 Å². The number of nitrogens with two attached hydrogens (primary N) is 1. The number of benzene rings is 1. The number of sulfonamides is 1. The Balaban J connectivity index is 3.36. The molecule has 0 aliphatic heterocycles. The zero-order chi connectivity index (χ0) is 13.2. The van der Waals surface area contributed by atoms with Crippen LogP contribution in [-0.4, -0.2) is 26.2 Å². The smallest absolute Gasteiger partial charge is 0.243 e. The van der Waals surface area contributed by atoms with Gasteiger partial charge in [0, 0.05) is 10.5 Å². The summed E-state index contributed by atoms with van der Waals surface area (Å²) in [6.45, 7) is 1.39. The Labute approximate surface area is 107 Å². The molecule has 17 heavy (non-hydrogen) atoms. The van der Waals surface area contributed by atoms with Gasteiger partial charge in [-0.15, -0.1) is 0 Å². The Bertz CT molecular complexity index is 521. The third kappa shape index (κ3) is 3.63. The molecule has 0 bridgehead atoms. The fourth-order valence-electron chi connectivity index (χ4n) is 1.27. The molecule has 8 heteroatoms. The molecule has 0 aliphatic rings. The van der Waals surface area contributed by atoms with Crippen molar-refractivity contribution in [2.75, 3.05) is 11.9 Å². The molecule has 0 saturated heterocycles. The molecule has 96 valence electrons. The lowest BCUT2D eigenvalue weighted by atomic mass is 10.2. The summed E-state index contributed by atoms with van der Waals surface area (Å²) in [5.74, 6) is -0.950. The van der Waals surface area contributed by atoms with Gasteiger partial charge >= 0.3 is 0 Å². The molecule has 1 aromatic carbocycles. The Hall–Kier alpha value is -0.700. The van der Waals surface area contributed by atoms with Crippen LogP contribution in [-0.2, 0) is 10.0 Å². The van der Waals surface area contributed by atoms with Gasteiger partial charge in [0.2, 0.25) is 10.0 Å². The normalized spacial score (nSPS) is 13.5. The number of aliphatic hydroxyl groups is 1. The predicted octanol–water partition coefficient (Wildman–Crippen LogP) is 1.03. The summed E-state index contributed by atoms with van der Waals surface area (Å²) in [6.07, 6.45) is 0. The first kappa shape index (κ1) is 14.4. The molecule has 5 nitrogen and oxygen atoms in total. The van der Waals surface area contributed by atoms with Crippen LogP contribution < -0.4 is 10.5 Å². The molecule has 0 fully saturated rings. The van der Waals surface area contributed by atoms with Crippen molar-refractivity contribution in [1.82, 2.24) is 0 Å². The lowest BCUT2D eigenvalue weighted by molar-refractivity contribution is 0.281. The minimum absolute atomic E-state index is 0.0147. The lowest BCUT2D eigenvalue weighted by Crippen LogP contribution is -2.23. The Morgan fingerprint density at radius 3 is 2.65 bits per heavy atom. The lowest BCUT2D eigenvalue weighted by Gasteiger charge is -2.16. The third-order valence-corrected chi connectivity index (χ3v) is 3.41. The number of hydrogen-bond donors (Lipinski definition) is 3. The van der Waals surface area contributed by atoms with E-state index in [-0.39, 0.29) is 12.3 Å². The van der Waals surface area contributed by atoms with Crippen LogP contribution in [0.3, 0.4) is 0 Å². The molecule has 1 rings (SSSR count). The van der Waals surface area contributed by atoms with Crippen LogP contribution in [0.15, 0.2) is 21.5 Å². The number of nitrogens with one attached hydrogen (secondary N) is 1. The van der Waals surface area contributed by atoms with E-state index in [2.05, 4.69) is 21.2 Å². The molecule has 0 saturated carbocycles. The SMILES string of the molecule is C[C@@H](CO)Nc1cc(Br)cc(F)c1S(N)(=O)=O. The minimum atomic E-state index is -4.17. The predicted molar refractivity (Wildman–Crippen MR) is 65.6 cm³/mol. The largest absolute Gasteiger partial charge is 0.394 e. The second-order valence-electron chi connectivity index (χ2n) is 3.54. The summed E-state index contributed by atoms with van der Waals surface area (Å²) in [5.41, 5.74) is 0.0147. The minimum Gasteiger partial charge on any atom is -0.394 e. The van der Waals surface area contributed by atoms with E-state index in [4.69, 9.17) is 10.2 Å². The number of primary sulfonamides is 1. The van der Waals surface area contributed by atoms with Crippen LogP contribution in [0.25, 0.3) is 0 Å². The molecule has 0 heterocycles. The van der Waals surface area contributed by atoms with Crippen LogP contribution in [0, 0.1) is 5.82 Å². The van der Waals surface area contributed by atoms with Crippen LogP contribution >= 0.6 is 15.9 Å². The van der Waals surface area contributed by atoms with Gasteiger partial charge < -0.3 is 10.4 Å². The Kier molecular flexibility index (Phi) is 4.48. The maximum atomic E-state index is 13.6. The second-order valence-corrected chi connectivity index (χ2v) is 5.95. The molecular formula is C9H12BrFN2O3S. The summed E-state index contributed by atoms with van der Waals surface area (Å²) in [6, 6.07) is 1.97. The van der Waals surface area contributed by atoms with Gasteiger partial charge in [0.05, 0.1) is 12.3 Å². The van der Waals surface area contributed by atoms with E-state index in [1.807, 2.05) is 0 Å². The zero-order valence-electron chi connectivity index (χ0n) is 8.94. The number of anilines is 1. The third-order valence-electron chi connectivity index (χ3n) is 1.97. The standard InChI is InChI=1S/C9H12BrFN2O3S/c1-5(4-14)13-8-3-6(10)2-7(11)9(8)17(12,15)16/h2-3,5,13-14H,4H2,1H3,(H2,12,15,16)/t5-/m0/s1. The number of hydrogen-bond acceptors (Lipinski definition) is 4. The van der Waals surface area contributed by atoms with Crippen molar-refractivity contribution < 1.29 is 17.9 Å². The average molecular weight is 327 g/mol. The van der Waals surface area contributed by atoms with Crippen molar-refractivity contribution in [3.8, 4) is 0 Å². The summed E-state index contributed by atoms with van der Waals surface area (Å²) in [7, 11) is -4.17. The highest BCUT2D eigenvalue weighted by molar-refractivity contribution is 9.10. The molecule has 4 N–H and O–H groups in total. The number of halogens is 2. The topological polar surface area (TPSA) is 92.4 Å². The number of rotatable bonds is 4. The molecule has 0 aromatic heterocycles. The summed E-state index contributed by atoms with van der Waals surface area (Å²) >= 11 is 3.05. The van der Waals surface area contributed by atoms with Crippen molar-refractivity contribution in [3.63, 3.8) is 0 Å². The highest BCUT2D eigenvalue weighted by Gasteiger charge is 2.21. The molecule has 0 aliphatic carbocycles.